The van der Waals surface area contributed by atoms with Gasteiger partial charge in [0.2, 0.25) is 5.91 Å². The summed E-state index contributed by atoms with van der Waals surface area (Å²) in [5.74, 6) is -0.295. The molecule has 0 aromatic heterocycles. The maximum absolute atomic E-state index is 13.1. The first kappa shape index (κ1) is 69.7. The molecule has 2 aliphatic heterocycles. The Morgan fingerprint density at radius 2 is 0.897 bits per heavy atom. The Kier molecular flexibility index (Phi) is 42.4. The highest BCUT2D eigenvalue weighted by Crippen LogP contribution is 2.30. The molecule has 438 valence electrons. The van der Waals surface area contributed by atoms with Crippen LogP contribution in [0.25, 0.3) is 0 Å². The second kappa shape index (κ2) is 47.4. The molecule has 0 aliphatic carbocycles. The molecule has 2 heterocycles. The Labute approximate surface area is 467 Å². The summed E-state index contributed by atoms with van der Waals surface area (Å²) in [7, 11) is 0. The van der Waals surface area contributed by atoms with Crippen LogP contribution in [0.4, 0.5) is 0 Å². The number of unbranched alkanes of at least 4 members (excludes halogenated alkanes) is 5. The van der Waals surface area contributed by atoms with Crippen LogP contribution in [0.1, 0.15) is 142 Å². The van der Waals surface area contributed by atoms with E-state index >= 15 is 0 Å². The van der Waals surface area contributed by atoms with E-state index in [1.165, 1.54) is 0 Å². The minimum absolute atomic E-state index is 0.221. The molecule has 2 saturated heterocycles. The highest BCUT2D eigenvalue weighted by Gasteiger charge is 2.51. The molecule has 14 nitrogen and oxygen atoms in total. The molecule has 0 saturated carbocycles. The standard InChI is InChI=1S/C64H99NO13/c1-3-5-7-9-11-12-13-14-15-16-17-18-19-20-21-22-23-24-25-26-27-28-29-30-31-32-33-34-35-36-37-38-39-40-42-44-46-48-56(69)65-52(53(68)47-45-43-41-10-8-6-4-2)51-75-63-61(74)59(72)62(55(50-67)77-63)78-64-60(73)58(71)57(70)54(49-66)76-64/h5,7-8,10-12,14-15,17-18,20-21,23-24,26-27,29-30,32-33,35-36,38-39,45,47,52-55,57-64,66-68,70-74H,3-4,6,9,13,16,19,22,25,28,31,34,37,40-44,46,48-51H2,1-2H3,(H,65,69)/b7-5-,10-8+,12-11-,15-14-,18-17-,21-20-,24-23-,27-26-,30-29-,33-32-,36-35-,39-38-,47-45+. The van der Waals surface area contributed by atoms with Crippen molar-refractivity contribution in [1.82, 2.24) is 5.32 Å². The van der Waals surface area contributed by atoms with E-state index in [1.54, 1.807) is 6.08 Å². The summed E-state index contributed by atoms with van der Waals surface area (Å²) in [6, 6.07) is -0.958. The predicted octanol–water partition coefficient (Wildman–Crippen LogP) is 9.55. The first-order chi connectivity index (χ1) is 38.1. The van der Waals surface area contributed by atoms with Gasteiger partial charge in [-0.05, 0) is 109 Å². The van der Waals surface area contributed by atoms with Gasteiger partial charge in [0, 0.05) is 6.42 Å². The maximum Gasteiger partial charge on any atom is 0.220 e. The summed E-state index contributed by atoms with van der Waals surface area (Å²) < 4.78 is 22.6. The fourth-order valence-corrected chi connectivity index (χ4v) is 8.08. The Balaban J connectivity index is 1.64. The normalized spacial score (nSPS) is 25.8. The Morgan fingerprint density at radius 1 is 0.474 bits per heavy atom. The van der Waals surface area contributed by atoms with Gasteiger partial charge in [-0.15, -0.1) is 0 Å². The third-order valence-electron chi connectivity index (χ3n) is 12.7. The van der Waals surface area contributed by atoms with Crippen LogP contribution < -0.4 is 5.32 Å². The zero-order valence-electron chi connectivity index (χ0n) is 46.8. The molecule has 14 heteroatoms. The summed E-state index contributed by atoms with van der Waals surface area (Å²) in [6.07, 6.45) is 56.3. The highest BCUT2D eigenvalue weighted by molar-refractivity contribution is 5.76. The van der Waals surface area contributed by atoms with E-state index in [4.69, 9.17) is 18.9 Å². The van der Waals surface area contributed by atoms with Crippen molar-refractivity contribution in [2.24, 2.45) is 0 Å². The maximum atomic E-state index is 13.1. The number of aliphatic hydroxyl groups is 8. The number of amides is 1. The average molecular weight is 1090 g/mol. The smallest absolute Gasteiger partial charge is 0.220 e. The van der Waals surface area contributed by atoms with Gasteiger partial charge in [-0.25, -0.2) is 0 Å². The lowest BCUT2D eigenvalue weighted by molar-refractivity contribution is -0.359. The molecule has 12 unspecified atom stereocenters. The topological polar surface area (TPSA) is 228 Å². The van der Waals surface area contributed by atoms with Crippen LogP contribution in [-0.2, 0) is 23.7 Å². The van der Waals surface area contributed by atoms with E-state index < -0.39 is 86.8 Å². The van der Waals surface area contributed by atoms with Gasteiger partial charge >= 0.3 is 0 Å². The zero-order valence-corrected chi connectivity index (χ0v) is 46.8. The molecular formula is C64H99NO13. The van der Waals surface area contributed by atoms with Crippen molar-refractivity contribution in [3.05, 3.63) is 158 Å². The molecule has 0 aromatic rings. The van der Waals surface area contributed by atoms with Gasteiger partial charge in [0.05, 0.1) is 32.0 Å². The summed E-state index contributed by atoms with van der Waals surface area (Å²) in [5, 5.41) is 86.5. The van der Waals surface area contributed by atoms with Crippen LogP contribution in [0, 0.1) is 0 Å². The van der Waals surface area contributed by atoms with Crippen molar-refractivity contribution >= 4 is 5.91 Å². The highest BCUT2D eigenvalue weighted by atomic mass is 16.7. The Hall–Kier alpha value is -4.39. The van der Waals surface area contributed by atoms with E-state index in [0.29, 0.717) is 12.8 Å². The van der Waals surface area contributed by atoms with Crippen molar-refractivity contribution in [3.63, 3.8) is 0 Å². The first-order valence-corrected chi connectivity index (χ1v) is 28.7. The van der Waals surface area contributed by atoms with E-state index in [0.717, 1.165) is 109 Å². The third-order valence-corrected chi connectivity index (χ3v) is 12.7. The molecule has 2 aliphatic rings. The lowest BCUT2D eigenvalue weighted by Gasteiger charge is -2.46. The molecule has 0 radical (unpaired) electrons. The van der Waals surface area contributed by atoms with Crippen LogP contribution in [0.5, 0.6) is 0 Å². The summed E-state index contributed by atoms with van der Waals surface area (Å²) in [4.78, 5) is 13.1. The fourth-order valence-electron chi connectivity index (χ4n) is 8.08. The number of hydrogen-bond donors (Lipinski definition) is 9. The van der Waals surface area contributed by atoms with Crippen molar-refractivity contribution in [2.45, 2.75) is 216 Å². The number of rotatable bonds is 42. The summed E-state index contributed by atoms with van der Waals surface area (Å²) in [6.45, 7) is 2.47. The SMILES string of the molecule is CC/C=C\C/C=C\C/C=C\C/C=C\C/C=C\C/C=C\C/C=C\C/C=C\C/C=C\C/C=C\C/C=C\CCCCCC(=O)NC(COC1OC(CO)C(OC2OC(CO)C(O)C(O)C2O)C(O)C1O)C(O)/C=C/CC/C=C/CCC. The summed E-state index contributed by atoms with van der Waals surface area (Å²) >= 11 is 0. The Morgan fingerprint density at radius 3 is 1.37 bits per heavy atom. The van der Waals surface area contributed by atoms with E-state index in [9.17, 15) is 45.6 Å². The monoisotopic (exact) mass is 1090 g/mol. The van der Waals surface area contributed by atoms with Gasteiger partial charge in [0.15, 0.2) is 12.6 Å². The van der Waals surface area contributed by atoms with Crippen molar-refractivity contribution < 1.29 is 64.6 Å². The number of carbonyl (C=O) groups excluding carboxylic acids is 1. The van der Waals surface area contributed by atoms with Gasteiger partial charge in [0.1, 0.15) is 48.8 Å². The lowest BCUT2D eigenvalue weighted by atomic mass is 9.97. The number of allylic oxidation sites excluding steroid dienone is 25. The molecule has 2 rings (SSSR count). The van der Waals surface area contributed by atoms with E-state index in [-0.39, 0.29) is 18.9 Å². The quantitative estimate of drug-likeness (QED) is 0.0205. The van der Waals surface area contributed by atoms with E-state index in [1.807, 2.05) is 6.08 Å². The fraction of sp³-hybridized carbons (Fsp3) is 0.578. The second-order valence-corrected chi connectivity index (χ2v) is 19.3. The molecule has 0 bridgehead atoms. The van der Waals surface area contributed by atoms with Crippen molar-refractivity contribution in [2.75, 3.05) is 19.8 Å². The largest absolute Gasteiger partial charge is 0.394 e. The molecule has 1 amide bonds. The molecule has 78 heavy (non-hydrogen) atoms. The average Bonchev–Trinajstić information content (AvgIpc) is 3.47. The number of aliphatic hydroxyl groups excluding tert-OH is 8. The van der Waals surface area contributed by atoms with Gasteiger partial charge in [-0.2, -0.15) is 0 Å². The third kappa shape index (κ3) is 32.6. The van der Waals surface area contributed by atoms with Crippen LogP contribution in [0.15, 0.2) is 158 Å². The van der Waals surface area contributed by atoms with E-state index in [2.05, 4.69) is 165 Å². The van der Waals surface area contributed by atoms with Gasteiger partial charge in [-0.3, -0.25) is 4.79 Å². The molecule has 0 spiro atoms. The number of nitrogens with one attached hydrogen (secondary N) is 1. The van der Waals surface area contributed by atoms with Crippen molar-refractivity contribution in [3.8, 4) is 0 Å². The Bertz CT molecular complexity index is 1910. The van der Waals surface area contributed by atoms with Gasteiger partial charge < -0.3 is 65.1 Å². The zero-order chi connectivity index (χ0) is 56.7. The van der Waals surface area contributed by atoms with Gasteiger partial charge in [0.25, 0.3) is 0 Å². The number of carbonyl (C=O) groups is 1. The van der Waals surface area contributed by atoms with Crippen LogP contribution in [-0.4, -0.2) is 140 Å². The predicted molar refractivity (Wildman–Crippen MR) is 313 cm³/mol. The first-order valence-electron chi connectivity index (χ1n) is 28.7. The molecule has 9 N–H and O–H groups in total. The minimum Gasteiger partial charge on any atom is -0.394 e. The van der Waals surface area contributed by atoms with Crippen LogP contribution in [0.2, 0.25) is 0 Å². The number of ether oxygens (including phenoxy) is 4. The van der Waals surface area contributed by atoms with Crippen LogP contribution >= 0.6 is 0 Å². The minimum atomic E-state index is -1.80. The summed E-state index contributed by atoms with van der Waals surface area (Å²) in [5.41, 5.74) is 0. The molecular weight excluding hydrogens is 991 g/mol. The van der Waals surface area contributed by atoms with Crippen molar-refractivity contribution in [1.29, 1.82) is 0 Å². The lowest BCUT2D eigenvalue weighted by Crippen LogP contribution is -2.65. The molecule has 0 aromatic carbocycles. The molecule has 2 fully saturated rings. The number of hydrogen-bond acceptors (Lipinski definition) is 13. The molecule has 12 atom stereocenters. The van der Waals surface area contributed by atoms with Crippen LogP contribution in [0.3, 0.4) is 0 Å². The second-order valence-electron chi connectivity index (χ2n) is 19.3. The van der Waals surface area contributed by atoms with Gasteiger partial charge in [-0.1, -0.05) is 185 Å².